The number of nitrogens with one attached hydrogen (secondary N) is 1. The van der Waals surface area contributed by atoms with Gasteiger partial charge in [-0.25, -0.2) is 0 Å². The Bertz CT molecular complexity index is 394. The Hall–Kier alpha value is -0.470. The average Bonchev–Trinajstić information content (AvgIpc) is 2.34. The molecule has 1 heterocycles. The van der Waals surface area contributed by atoms with Gasteiger partial charge in [-0.15, -0.1) is 0 Å². The Balaban J connectivity index is 2.91. The van der Waals surface area contributed by atoms with E-state index < -0.39 is 0 Å². The molecule has 0 aliphatic carbocycles. The zero-order chi connectivity index (χ0) is 7.84. The standard InChI is InChI=1S/C8H5BrClN/c9-7-4-6(10)3-5-1-2-11-8(5)7/h1-4,11H. The van der Waals surface area contributed by atoms with Crippen LogP contribution in [0, 0.1) is 0 Å². The van der Waals surface area contributed by atoms with Gasteiger partial charge in [-0.3, -0.25) is 0 Å². The molecule has 1 aromatic heterocycles. The van der Waals surface area contributed by atoms with E-state index in [1.807, 2.05) is 24.4 Å². The van der Waals surface area contributed by atoms with Crippen LogP contribution >= 0.6 is 27.5 Å². The second-order valence-electron chi connectivity index (χ2n) is 2.33. The molecule has 1 nitrogen and oxygen atoms in total. The molecule has 0 radical (unpaired) electrons. The molecular weight excluding hydrogens is 225 g/mol. The van der Waals surface area contributed by atoms with E-state index in [0.717, 1.165) is 20.4 Å². The van der Waals surface area contributed by atoms with Gasteiger partial charge in [-0.2, -0.15) is 0 Å². The number of hydrogen-bond acceptors (Lipinski definition) is 0. The summed E-state index contributed by atoms with van der Waals surface area (Å²) in [7, 11) is 0. The van der Waals surface area contributed by atoms with Crippen molar-refractivity contribution in [1.29, 1.82) is 0 Å². The molecule has 1 N–H and O–H groups in total. The molecule has 0 spiro atoms. The Morgan fingerprint density at radius 2 is 2.18 bits per heavy atom. The molecule has 0 saturated carbocycles. The molecule has 3 heteroatoms. The lowest BCUT2D eigenvalue weighted by molar-refractivity contribution is 1.47. The van der Waals surface area contributed by atoms with E-state index in [1.165, 1.54) is 0 Å². The lowest BCUT2D eigenvalue weighted by Crippen LogP contribution is -1.70. The van der Waals surface area contributed by atoms with Gasteiger partial charge in [0.2, 0.25) is 0 Å². The second-order valence-corrected chi connectivity index (χ2v) is 3.62. The highest BCUT2D eigenvalue weighted by molar-refractivity contribution is 9.10. The maximum atomic E-state index is 5.84. The van der Waals surface area contributed by atoms with E-state index in [9.17, 15) is 0 Å². The van der Waals surface area contributed by atoms with Crippen LogP contribution in [0.2, 0.25) is 5.02 Å². The van der Waals surface area contributed by atoms with Crippen molar-refractivity contribution >= 4 is 38.4 Å². The minimum Gasteiger partial charge on any atom is -0.360 e. The summed E-state index contributed by atoms with van der Waals surface area (Å²) in [6.07, 6.45) is 1.89. The number of benzene rings is 1. The third-order valence-corrected chi connectivity index (χ3v) is 2.42. The van der Waals surface area contributed by atoms with Gasteiger partial charge >= 0.3 is 0 Å². The molecule has 0 amide bonds. The molecule has 1 aromatic carbocycles. The van der Waals surface area contributed by atoms with Crippen molar-refractivity contribution in [1.82, 2.24) is 4.98 Å². The first kappa shape index (κ1) is 7.19. The maximum Gasteiger partial charge on any atom is 0.0599 e. The largest absolute Gasteiger partial charge is 0.360 e. The van der Waals surface area contributed by atoms with Gasteiger partial charge < -0.3 is 4.98 Å². The lowest BCUT2D eigenvalue weighted by Gasteiger charge is -1.94. The number of aromatic nitrogens is 1. The summed E-state index contributed by atoms with van der Waals surface area (Å²) >= 11 is 9.25. The van der Waals surface area contributed by atoms with Crippen LogP contribution in [0.1, 0.15) is 0 Å². The highest BCUT2D eigenvalue weighted by Crippen LogP contribution is 2.26. The molecule has 0 atom stereocenters. The van der Waals surface area contributed by atoms with Crippen molar-refractivity contribution in [2.24, 2.45) is 0 Å². The molecule has 2 rings (SSSR count). The fraction of sp³-hybridized carbons (Fsp3) is 0. The smallest absolute Gasteiger partial charge is 0.0599 e. The Kier molecular flexibility index (Phi) is 1.66. The molecule has 0 fully saturated rings. The van der Waals surface area contributed by atoms with Crippen LogP contribution in [0.15, 0.2) is 28.9 Å². The first-order chi connectivity index (χ1) is 5.27. The highest BCUT2D eigenvalue weighted by atomic mass is 79.9. The second kappa shape index (κ2) is 2.54. The molecule has 11 heavy (non-hydrogen) atoms. The van der Waals surface area contributed by atoms with E-state index in [0.29, 0.717) is 0 Å². The molecular formula is C8H5BrClN. The summed E-state index contributed by atoms with van der Waals surface area (Å²) in [6, 6.07) is 5.80. The average molecular weight is 230 g/mol. The predicted octanol–water partition coefficient (Wildman–Crippen LogP) is 3.58. The number of halogens is 2. The minimum atomic E-state index is 0.754. The van der Waals surface area contributed by atoms with Crippen LogP contribution in [0.3, 0.4) is 0 Å². The topological polar surface area (TPSA) is 15.8 Å². The molecule has 0 bridgehead atoms. The fourth-order valence-corrected chi connectivity index (χ4v) is 2.04. The summed E-state index contributed by atoms with van der Waals surface area (Å²) in [6.45, 7) is 0. The number of H-pyrrole nitrogens is 1. The molecule has 0 aliphatic rings. The summed E-state index contributed by atoms with van der Waals surface area (Å²) in [5.74, 6) is 0. The van der Waals surface area contributed by atoms with Crippen molar-refractivity contribution in [2.45, 2.75) is 0 Å². The minimum absolute atomic E-state index is 0.754. The Morgan fingerprint density at radius 3 is 3.00 bits per heavy atom. The third kappa shape index (κ3) is 1.17. The molecule has 0 unspecified atom stereocenters. The van der Waals surface area contributed by atoms with Gasteiger partial charge in [0.05, 0.1) is 5.52 Å². The van der Waals surface area contributed by atoms with Crippen LogP contribution < -0.4 is 0 Å². The summed E-state index contributed by atoms with van der Waals surface area (Å²) < 4.78 is 1.00. The molecule has 0 aliphatic heterocycles. The van der Waals surface area contributed by atoms with E-state index in [4.69, 9.17) is 11.6 Å². The van der Waals surface area contributed by atoms with Gasteiger partial charge in [0, 0.05) is 21.1 Å². The molecule has 2 aromatic rings. The number of fused-ring (bicyclic) bond motifs is 1. The van der Waals surface area contributed by atoms with Crippen LogP contribution in [0.25, 0.3) is 10.9 Å². The van der Waals surface area contributed by atoms with Gasteiger partial charge in [0.15, 0.2) is 0 Å². The van der Waals surface area contributed by atoms with Gasteiger partial charge in [-0.05, 0) is 34.1 Å². The summed E-state index contributed by atoms with van der Waals surface area (Å²) in [5.41, 5.74) is 1.09. The van der Waals surface area contributed by atoms with Gasteiger partial charge in [-0.1, -0.05) is 11.6 Å². The Labute approximate surface area is 77.5 Å². The van der Waals surface area contributed by atoms with E-state index in [1.54, 1.807) is 0 Å². The van der Waals surface area contributed by atoms with Crippen molar-refractivity contribution in [3.63, 3.8) is 0 Å². The van der Waals surface area contributed by atoms with Gasteiger partial charge in [0.1, 0.15) is 0 Å². The van der Waals surface area contributed by atoms with Crippen molar-refractivity contribution < 1.29 is 0 Å². The van der Waals surface area contributed by atoms with E-state index >= 15 is 0 Å². The predicted molar refractivity (Wildman–Crippen MR) is 51.0 cm³/mol. The van der Waals surface area contributed by atoms with Crippen LogP contribution in [0.4, 0.5) is 0 Å². The zero-order valence-corrected chi connectivity index (χ0v) is 7.91. The monoisotopic (exact) mass is 229 g/mol. The van der Waals surface area contributed by atoms with Crippen LogP contribution in [-0.4, -0.2) is 4.98 Å². The normalized spacial score (nSPS) is 10.7. The first-order valence-corrected chi connectivity index (χ1v) is 4.36. The maximum absolute atomic E-state index is 5.84. The SMILES string of the molecule is Clc1cc(Br)c2[nH]ccc2c1. The van der Waals surface area contributed by atoms with Crippen LogP contribution in [-0.2, 0) is 0 Å². The third-order valence-electron chi connectivity index (χ3n) is 1.58. The van der Waals surface area contributed by atoms with Crippen molar-refractivity contribution in [3.8, 4) is 0 Å². The van der Waals surface area contributed by atoms with Crippen molar-refractivity contribution in [3.05, 3.63) is 33.9 Å². The number of hydrogen-bond donors (Lipinski definition) is 1. The quantitative estimate of drug-likeness (QED) is 0.712. The summed E-state index contributed by atoms with van der Waals surface area (Å²) in [4.78, 5) is 3.11. The molecule has 56 valence electrons. The molecule has 0 saturated heterocycles. The fourth-order valence-electron chi connectivity index (χ4n) is 1.09. The number of rotatable bonds is 0. The number of aromatic amines is 1. The lowest BCUT2D eigenvalue weighted by atomic mass is 10.2. The van der Waals surface area contributed by atoms with E-state index in [2.05, 4.69) is 20.9 Å². The van der Waals surface area contributed by atoms with Crippen LogP contribution in [0.5, 0.6) is 0 Å². The Morgan fingerprint density at radius 1 is 1.36 bits per heavy atom. The highest BCUT2D eigenvalue weighted by Gasteiger charge is 1.99. The van der Waals surface area contributed by atoms with Gasteiger partial charge in [0.25, 0.3) is 0 Å². The van der Waals surface area contributed by atoms with Crippen molar-refractivity contribution in [2.75, 3.05) is 0 Å². The zero-order valence-electron chi connectivity index (χ0n) is 5.57. The summed E-state index contributed by atoms with van der Waals surface area (Å²) in [5, 5.41) is 1.88. The van der Waals surface area contributed by atoms with E-state index in [-0.39, 0.29) is 0 Å². The first-order valence-electron chi connectivity index (χ1n) is 3.19.